The lowest BCUT2D eigenvalue weighted by molar-refractivity contribution is -0.274. The lowest BCUT2D eigenvalue weighted by atomic mass is 10.2. The number of nitrogens with zero attached hydrogens (tertiary/aromatic N) is 2. The molecule has 2 aromatic rings. The molecule has 0 unspecified atom stereocenters. The predicted octanol–water partition coefficient (Wildman–Crippen LogP) is 1.96. The maximum absolute atomic E-state index is 11.9. The lowest BCUT2D eigenvalue weighted by Gasteiger charge is -2.08. The number of carbonyl (C=O) groups is 1. The predicted molar refractivity (Wildman–Crippen MR) is 57.5 cm³/mol. The summed E-state index contributed by atoms with van der Waals surface area (Å²) >= 11 is 0. The van der Waals surface area contributed by atoms with Crippen LogP contribution in [0.15, 0.2) is 30.6 Å². The molecule has 6 nitrogen and oxygen atoms in total. The minimum absolute atomic E-state index is 0.139. The van der Waals surface area contributed by atoms with Gasteiger partial charge in [0, 0.05) is 5.56 Å². The van der Waals surface area contributed by atoms with Gasteiger partial charge in [-0.05, 0) is 24.3 Å². The van der Waals surface area contributed by atoms with Crippen LogP contribution in [0.3, 0.4) is 0 Å². The van der Waals surface area contributed by atoms with Crippen molar-refractivity contribution in [1.82, 2.24) is 15.2 Å². The van der Waals surface area contributed by atoms with Gasteiger partial charge in [0.25, 0.3) is 5.91 Å². The molecule has 1 aromatic heterocycles. The van der Waals surface area contributed by atoms with Crippen LogP contribution in [0.1, 0.15) is 10.4 Å². The van der Waals surface area contributed by atoms with Crippen molar-refractivity contribution in [2.45, 2.75) is 6.36 Å². The smallest absolute Gasteiger partial charge is 0.406 e. The van der Waals surface area contributed by atoms with Gasteiger partial charge in [0.05, 0.1) is 0 Å². The topological polar surface area (TPSA) is 79.9 Å². The second-order valence-electron chi connectivity index (χ2n) is 3.36. The van der Waals surface area contributed by atoms with Crippen LogP contribution in [0.4, 0.5) is 19.1 Å². The Bertz CT molecular complexity index is 551. The summed E-state index contributed by atoms with van der Waals surface area (Å²) in [5.41, 5.74) is 0.158. The molecule has 2 N–H and O–H groups in total. The van der Waals surface area contributed by atoms with E-state index in [0.29, 0.717) is 0 Å². The zero-order valence-electron chi connectivity index (χ0n) is 9.23. The minimum Gasteiger partial charge on any atom is -0.406 e. The van der Waals surface area contributed by atoms with E-state index in [0.717, 1.165) is 12.1 Å². The maximum Gasteiger partial charge on any atom is 0.573 e. The number of hydrogen-bond acceptors (Lipinski definition) is 4. The van der Waals surface area contributed by atoms with E-state index in [2.05, 4.69) is 25.2 Å². The van der Waals surface area contributed by atoms with Gasteiger partial charge in [0.1, 0.15) is 12.1 Å². The summed E-state index contributed by atoms with van der Waals surface area (Å²) in [5, 5.41) is 8.32. The summed E-state index contributed by atoms with van der Waals surface area (Å²) in [6.07, 6.45) is -3.56. The van der Waals surface area contributed by atoms with Gasteiger partial charge in [0.2, 0.25) is 5.95 Å². The quantitative estimate of drug-likeness (QED) is 0.895. The molecule has 1 heterocycles. The number of nitrogens with one attached hydrogen (secondary N) is 2. The fourth-order valence-electron chi connectivity index (χ4n) is 1.25. The van der Waals surface area contributed by atoms with E-state index < -0.39 is 18.0 Å². The van der Waals surface area contributed by atoms with E-state index in [1.165, 1.54) is 18.5 Å². The van der Waals surface area contributed by atoms with E-state index in [1.54, 1.807) is 0 Å². The van der Waals surface area contributed by atoms with Crippen molar-refractivity contribution in [2.75, 3.05) is 5.32 Å². The summed E-state index contributed by atoms with van der Waals surface area (Å²) in [5.74, 6) is -0.792. The number of benzene rings is 1. The Labute approximate surface area is 104 Å². The molecule has 0 saturated heterocycles. The number of halogens is 3. The number of carbonyl (C=O) groups excluding carboxylic acids is 1. The van der Waals surface area contributed by atoms with Gasteiger partial charge in [-0.2, -0.15) is 10.1 Å². The molecular weight excluding hydrogens is 265 g/mol. The fraction of sp³-hybridized carbons (Fsp3) is 0.100. The fourth-order valence-corrected chi connectivity index (χ4v) is 1.25. The Hall–Kier alpha value is -2.58. The highest BCUT2D eigenvalue weighted by molar-refractivity contribution is 6.03. The Morgan fingerprint density at radius 3 is 2.47 bits per heavy atom. The normalized spacial score (nSPS) is 11.1. The van der Waals surface area contributed by atoms with Crippen LogP contribution >= 0.6 is 0 Å². The van der Waals surface area contributed by atoms with Gasteiger partial charge in [-0.3, -0.25) is 10.1 Å². The highest BCUT2D eigenvalue weighted by atomic mass is 19.4. The molecule has 0 aliphatic rings. The van der Waals surface area contributed by atoms with Crippen molar-refractivity contribution in [3.8, 4) is 5.75 Å². The Balaban J connectivity index is 2.04. The highest BCUT2D eigenvalue weighted by Gasteiger charge is 2.31. The van der Waals surface area contributed by atoms with Crippen LogP contribution in [0.2, 0.25) is 0 Å². The summed E-state index contributed by atoms with van der Waals surface area (Å²) in [6, 6.07) is 4.49. The van der Waals surface area contributed by atoms with Crippen LogP contribution in [-0.2, 0) is 0 Å². The van der Waals surface area contributed by atoms with Crippen molar-refractivity contribution in [3.63, 3.8) is 0 Å². The SMILES string of the molecule is O=C(Nc1ncn[nH]1)c1ccc(OC(F)(F)F)cc1. The van der Waals surface area contributed by atoms with E-state index in [4.69, 9.17) is 0 Å². The number of aromatic amines is 1. The molecule has 1 aromatic carbocycles. The van der Waals surface area contributed by atoms with Crippen LogP contribution in [-0.4, -0.2) is 27.5 Å². The number of amides is 1. The second kappa shape index (κ2) is 4.96. The van der Waals surface area contributed by atoms with Gasteiger partial charge in [-0.25, -0.2) is 5.10 Å². The van der Waals surface area contributed by atoms with Crippen LogP contribution in [0, 0.1) is 0 Å². The molecule has 2 rings (SSSR count). The summed E-state index contributed by atoms with van der Waals surface area (Å²) in [4.78, 5) is 15.3. The minimum atomic E-state index is -4.76. The first kappa shape index (κ1) is 12.9. The first-order valence-electron chi connectivity index (χ1n) is 4.96. The summed E-state index contributed by atoms with van der Waals surface area (Å²) < 4.78 is 39.5. The first-order valence-corrected chi connectivity index (χ1v) is 4.96. The number of ether oxygens (including phenoxy) is 1. The first-order chi connectivity index (χ1) is 8.94. The second-order valence-corrected chi connectivity index (χ2v) is 3.36. The number of rotatable bonds is 3. The molecule has 0 aliphatic heterocycles. The zero-order chi connectivity index (χ0) is 13.9. The summed E-state index contributed by atoms with van der Waals surface area (Å²) in [6.45, 7) is 0. The van der Waals surface area contributed by atoms with Gasteiger partial charge in [-0.1, -0.05) is 0 Å². The zero-order valence-corrected chi connectivity index (χ0v) is 9.23. The maximum atomic E-state index is 11.9. The van der Waals surface area contributed by atoms with Crippen molar-refractivity contribution < 1.29 is 22.7 Å². The highest BCUT2D eigenvalue weighted by Crippen LogP contribution is 2.22. The van der Waals surface area contributed by atoms with Crippen LogP contribution in [0.5, 0.6) is 5.75 Å². The average Bonchev–Trinajstić information content (AvgIpc) is 2.80. The van der Waals surface area contributed by atoms with E-state index >= 15 is 0 Å². The summed E-state index contributed by atoms with van der Waals surface area (Å²) in [7, 11) is 0. The molecule has 0 saturated carbocycles. The van der Waals surface area contributed by atoms with E-state index in [1.807, 2.05) is 0 Å². The molecule has 0 aliphatic carbocycles. The molecule has 0 fully saturated rings. The molecule has 0 atom stereocenters. The van der Waals surface area contributed by atoms with Crippen LogP contribution < -0.4 is 10.1 Å². The number of H-pyrrole nitrogens is 1. The van der Waals surface area contributed by atoms with Gasteiger partial charge in [0.15, 0.2) is 0 Å². The molecule has 100 valence electrons. The third kappa shape index (κ3) is 3.69. The molecular formula is C10H7F3N4O2. The number of aromatic nitrogens is 3. The molecule has 0 spiro atoms. The molecule has 9 heteroatoms. The number of alkyl halides is 3. The molecule has 19 heavy (non-hydrogen) atoms. The monoisotopic (exact) mass is 272 g/mol. The van der Waals surface area contributed by atoms with E-state index in [9.17, 15) is 18.0 Å². The number of anilines is 1. The van der Waals surface area contributed by atoms with Crippen molar-refractivity contribution >= 4 is 11.9 Å². The van der Waals surface area contributed by atoms with Crippen molar-refractivity contribution in [1.29, 1.82) is 0 Å². The van der Waals surface area contributed by atoms with Crippen molar-refractivity contribution in [3.05, 3.63) is 36.2 Å². The van der Waals surface area contributed by atoms with Gasteiger partial charge < -0.3 is 4.74 Å². The third-order valence-electron chi connectivity index (χ3n) is 2.00. The third-order valence-corrected chi connectivity index (χ3v) is 2.00. The number of hydrogen-bond donors (Lipinski definition) is 2. The van der Waals surface area contributed by atoms with Gasteiger partial charge in [-0.15, -0.1) is 13.2 Å². The van der Waals surface area contributed by atoms with Crippen LogP contribution in [0.25, 0.3) is 0 Å². The lowest BCUT2D eigenvalue weighted by Crippen LogP contribution is -2.17. The Kier molecular flexibility index (Phi) is 3.36. The molecule has 0 bridgehead atoms. The van der Waals surface area contributed by atoms with Gasteiger partial charge >= 0.3 is 6.36 Å². The Morgan fingerprint density at radius 1 is 1.26 bits per heavy atom. The van der Waals surface area contributed by atoms with E-state index in [-0.39, 0.29) is 11.5 Å². The Morgan fingerprint density at radius 2 is 1.95 bits per heavy atom. The largest absolute Gasteiger partial charge is 0.573 e. The average molecular weight is 272 g/mol. The standard InChI is InChI=1S/C10H7F3N4O2/c11-10(12,13)19-7-3-1-6(2-4-7)8(18)16-9-14-5-15-17-9/h1-5H,(H2,14,15,16,17,18). The molecule has 0 radical (unpaired) electrons. The molecule has 1 amide bonds. The van der Waals surface area contributed by atoms with Crippen molar-refractivity contribution in [2.24, 2.45) is 0 Å².